The average molecular weight is 292 g/mol. The maximum absolute atomic E-state index is 12.4. The molecule has 2 rings (SSSR count). The number of carbonyl (C=O) groups excluding carboxylic acids is 1. The molecule has 0 aliphatic carbocycles. The Morgan fingerprint density at radius 3 is 2.95 bits per heavy atom. The minimum atomic E-state index is -0.418. The molecule has 0 aromatic heterocycles. The standard InChI is InChI=1S/C16H24N2O3/c1-16(2)11-18(9-14(10-19)21-16)15(20)7-6-12-4-3-5-13(17)8-12/h3-5,8,14,19H,6-7,9-11,17H2,1-2H3. The Balaban J connectivity index is 1.93. The molecule has 0 spiro atoms. The van der Waals surface area contributed by atoms with Crippen molar-refractivity contribution in [3.05, 3.63) is 29.8 Å². The number of anilines is 1. The highest BCUT2D eigenvalue weighted by atomic mass is 16.5. The van der Waals surface area contributed by atoms with Crippen molar-refractivity contribution in [2.45, 2.75) is 38.4 Å². The van der Waals surface area contributed by atoms with Crippen LogP contribution in [0.15, 0.2) is 24.3 Å². The topological polar surface area (TPSA) is 75.8 Å². The van der Waals surface area contributed by atoms with Gasteiger partial charge in [-0.15, -0.1) is 0 Å². The molecule has 0 bridgehead atoms. The first-order valence-corrected chi connectivity index (χ1v) is 7.30. The van der Waals surface area contributed by atoms with Gasteiger partial charge in [0, 0.05) is 25.2 Å². The quantitative estimate of drug-likeness (QED) is 0.818. The number of amides is 1. The van der Waals surface area contributed by atoms with Gasteiger partial charge in [0.2, 0.25) is 5.91 Å². The smallest absolute Gasteiger partial charge is 0.223 e. The van der Waals surface area contributed by atoms with Crippen molar-refractivity contribution >= 4 is 11.6 Å². The second-order valence-electron chi connectivity index (χ2n) is 6.20. The lowest BCUT2D eigenvalue weighted by molar-refractivity contribution is -0.166. The van der Waals surface area contributed by atoms with Gasteiger partial charge in [-0.1, -0.05) is 12.1 Å². The van der Waals surface area contributed by atoms with E-state index in [0.29, 0.717) is 31.6 Å². The van der Waals surface area contributed by atoms with Gasteiger partial charge >= 0.3 is 0 Å². The van der Waals surface area contributed by atoms with E-state index in [4.69, 9.17) is 10.5 Å². The second-order valence-corrected chi connectivity index (χ2v) is 6.20. The molecule has 0 radical (unpaired) electrons. The SMILES string of the molecule is CC1(C)CN(C(=O)CCc2cccc(N)c2)CC(CO)O1. The van der Waals surface area contributed by atoms with E-state index in [1.54, 1.807) is 4.90 Å². The first-order chi connectivity index (χ1) is 9.89. The van der Waals surface area contributed by atoms with Crippen LogP contribution in [0.3, 0.4) is 0 Å². The predicted octanol–water partition coefficient (Wildman–Crippen LogP) is 1.20. The molecule has 1 aliphatic rings. The molecule has 1 aromatic carbocycles. The van der Waals surface area contributed by atoms with Crippen LogP contribution >= 0.6 is 0 Å². The van der Waals surface area contributed by atoms with E-state index >= 15 is 0 Å². The van der Waals surface area contributed by atoms with E-state index in [9.17, 15) is 9.90 Å². The van der Waals surface area contributed by atoms with Crippen LogP contribution < -0.4 is 5.73 Å². The number of aryl methyl sites for hydroxylation is 1. The number of nitrogens with two attached hydrogens (primary N) is 1. The zero-order chi connectivity index (χ0) is 15.5. The van der Waals surface area contributed by atoms with Crippen LogP contribution in [-0.4, -0.2) is 47.3 Å². The zero-order valence-electron chi connectivity index (χ0n) is 12.7. The van der Waals surface area contributed by atoms with Gasteiger partial charge in [0.1, 0.15) is 0 Å². The number of hydrogen-bond acceptors (Lipinski definition) is 4. The maximum Gasteiger partial charge on any atom is 0.223 e. The molecule has 1 unspecified atom stereocenters. The molecular weight excluding hydrogens is 268 g/mol. The first kappa shape index (κ1) is 15.8. The van der Waals surface area contributed by atoms with Gasteiger partial charge < -0.3 is 20.5 Å². The Kier molecular flexibility index (Phi) is 4.85. The molecule has 21 heavy (non-hydrogen) atoms. The van der Waals surface area contributed by atoms with Crippen molar-refractivity contribution in [3.63, 3.8) is 0 Å². The third kappa shape index (κ3) is 4.44. The highest BCUT2D eigenvalue weighted by molar-refractivity contribution is 5.76. The highest BCUT2D eigenvalue weighted by Gasteiger charge is 2.34. The molecule has 1 aromatic rings. The number of carbonyl (C=O) groups is 1. The molecule has 5 heteroatoms. The van der Waals surface area contributed by atoms with Crippen LogP contribution in [0.4, 0.5) is 5.69 Å². The monoisotopic (exact) mass is 292 g/mol. The number of aliphatic hydroxyl groups excluding tert-OH is 1. The fourth-order valence-electron chi connectivity index (χ4n) is 2.74. The summed E-state index contributed by atoms with van der Waals surface area (Å²) in [5.41, 5.74) is 7.10. The Morgan fingerprint density at radius 1 is 1.52 bits per heavy atom. The molecule has 1 aliphatic heterocycles. The van der Waals surface area contributed by atoms with Gasteiger partial charge in [-0.2, -0.15) is 0 Å². The number of ether oxygens (including phenoxy) is 1. The predicted molar refractivity (Wildman–Crippen MR) is 81.8 cm³/mol. The normalized spacial score (nSPS) is 21.3. The van der Waals surface area contributed by atoms with Crippen molar-refractivity contribution in [3.8, 4) is 0 Å². The van der Waals surface area contributed by atoms with E-state index in [-0.39, 0.29) is 18.6 Å². The lowest BCUT2D eigenvalue weighted by Gasteiger charge is -2.42. The van der Waals surface area contributed by atoms with Crippen molar-refractivity contribution in [1.29, 1.82) is 0 Å². The van der Waals surface area contributed by atoms with Crippen LogP contribution in [0.1, 0.15) is 25.8 Å². The third-order valence-corrected chi connectivity index (χ3v) is 3.62. The molecule has 1 amide bonds. The number of nitrogens with zero attached hydrogens (tertiary/aromatic N) is 1. The van der Waals surface area contributed by atoms with Crippen molar-refractivity contribution in [1.82, 2.24) is 4.90 Å². The number of aliphatic hydroxyl groups is 1. The summed E-state index contributed by atoms with van der Waals surface area (Å²) in [5, 5.41) is 9.28. The summed E-state index contributed by atoms with van der Waals surface area (Å²) in [5.74, 6) is 0.0900. The number of morpholine rings is 1. The van der Waals surface area contributed by atoms with Crippen LogP contribution in [0, 0.1) is 0 Å². The molecule has 1 saturated heterocycles. The van der Waals surface area contributed by atoms with Crippen LogP contribution in [0.25, 0.3) is 0 Å². The summed E-state index contributed by atoms with van der Waals surface area (Å²) < 4.78 is 5.72. The second kappa shape index (κ2) is 6.45. The molecule has 0 saturated carbocycles. The van der Waals surface area contributed by atoms with E-state index in [1.807, 2.05) is 38.1 Å². The molecule has 1 heterocycles. The Bertz CT molecular complexity index is 502. The van der Waals surface area contributed by atoms with Gasteiger partial charge in [-0.3, -0.25) is 4.79 Å². The minimum Gasteiger partial charge on any atom is -0.399 e. The van der Waals surface area contributed by atoms with Gasteiger partial charge in [0.15, 0.2) is 0 Å². The third-order valence-electron chi connectivity index (χ3n) is 3.62. The van der Waals surface area contributed by atoms with Gasteiger partial charge in [0.05, 0.1) is 18.3 Å². The number of nitrogen functional groups attached to an aromatic ring is 1. The molecule has 5 nitrogen and oxygen atoms in total. The molecule has 1 atom stereocenters. The van der Waals surface area contributed by atoms with Gasteiger partial charge in [0.25, 0.3) is 0 Å². The molecule has 1 fully saturated rings. The summed E-state index contributed by atoms with van der Waals surface area (Å²) >= 11 is 0. The van der Waals surface area contributed by atoms with Crippen LogP contribution in [0.5, 0.6) is 0 Å². The largest absolute Gasteiger partial charge is 0.399 e. The lowest BCUT2D eigenvalue weighted by atomic mass is 10.0. The number of rotatable bonds is 4. The Labute approximate surface area is 125 Å². The van der Waals surface area contributed by atoms with Gasteiger partial charge in [-0.25, -0.2) is 0 Å². The Morgan fingerprint density at radius 2 is 2.29 bits per heavy atom. The first-order valence-electron chi connectivity index (χ1n) is 7.30. The molecule has 116 valence electrons. The minimum absolute atomic E-state index is 0.0670. The molecular formula is C16H24N2O3. The summed E-state index contributed by atoms with van der Waals surface area (Å²) in [6.07, 6.45) is 0.813. The summed E-state index contributed by atoms with van der Waals surface area (Å²) in [7, 11) is 0. The van der Waals surface area contributed by atoms with Crippen molar-refractivity contribution in [2.24, 2.45) is 0 Å². The van der Waals surface area contributed by atoms with E-state index in [2.05, 4.69) is 0 Å². The summed E-state index contributed by atoms with van der Waals surface area (Å²) in [6, 6.07) is 7.60. The Hall–Kier alpha value is -1.59. The van der Waals surface area contributed by atoms with E-state index in [1.165, 1.54) is 0 Å². The van der Waals surface area contributed by atoms with Crippen LogP contribution in [0.2, 0.25) is 0 Å². The highest BCUT2D eigenvalue weighted by Crippen LogP contribution is 2.21. The lowest BCUT2D eigenvalue weighted by Crippen LogP contribution is -2.55. The van der Waals surface area contributed by atoms with E-state index < -0.39 is 5.60 Å². The number of benzene rings is 1. The fourth-order valence-corrected chi connectivity index (χ4v) is 2.74. The van der Waals surface area contributed by atoms with Crippen molar-refractivity contribution in [2.75, 3.05) is 25.4 Å². The molecule has 3 N–H and O–H groups in total. The van der Waals surface area contributed by atoms with Crippen LogP contribution in [-0.2, 0) is 16.0 Å². The number of hydrogen-bond donors (Lipinski definition) is 2. The maximum atomic E-state index is 12.4. The van der Waals surface area contributed by atoms with Gasteiger partial charge in [-0.05, 0) is 38.0 Å². The van der Waals surface area contributed by atoms with E-state index in [0.717, 1.165) is 5.56 Å². The zero-order valence-corrected chi connectivity index (χ0v) is 12.7. The van der Waals surface area contributed by atoms with Crippen molar-refractivity contribution < 1.29 is 14.6 Å². The summed E-state index contributed by atoms with van der Waals surface area (Å²) in [4.78, 5) is 14.2. The fraction of sp³-hybridized carbons (Fsp3) is 0.562. The summed E-state index contributed by atoms with van der Waals surface area (Å²) in [6.45, 7) is 4.82. The average Bonchev–Trinajstić information content (AvgIpc) is 2.43.